The van der Waals surface area contributed by atoms with Crippen LogP contribution in [-0.2, 0) is 11.2 Å². The van der Waals surface area contributed by atoms with Crippen LogP contribution in [0, 0.1) is 5.92 Å². The van der Waals surface area contributed by atoms with E-state index in [1.54, 1.807) is 0 Å². The second-order valence-corrected chi connectivity index (χ2v) is 4.85. The van der Waals surface area contributed by atoms with Crippen LogP contribution < -0.4 is 4.74 Å². The van der Waals surface area contributed by atoms with Crippen molar-refractivity contribution in [1.82, 2.24) is 0 Å². The Bertz CT molecular complexity index is 531. The van der Waals surface area contributed by atoms with Gasteiger partial charge >= 0.3 is 12.1 Å². The number of ether oxygens (including phenoxy) is 1. The van der Waals surface area contributed by atoms with E-state index in [0.717, 1.165) is 0 Å². The zero-order valence-electron chi connectivity index (χ0n) is 9.17. The lowest BCUT2D eigenvalue weighted by molar-refractivity contribution is -0.217. The zero-order chi connectivity index (χ0) is 14.4. The van der Waals surface area contributed by atoms with E-state index in [4.69, 9.17) is 33.0 Å². The van der Waals surface area contributed by atoms with E-state index in [1.165, 1.54) is 12.1 Å². The number of carbonyl (C=O) groups is 1. The van der Waals surface area contributed by atoms with Gasteiger partial charge in [-0.25, -0.2) is 0 Å². The van der Waals surface area contributed by atoms with E-state index < -0.39 is 24.2 Å². The summed E-state index contributed by atoms with van der Waals surface area (Å²) >= 11 is 11.6. The fourth-order valence-corrected chi connectivity index (χ4v) is 2.34. The van der Waals surface area contributed by atoms with Crippen LogP contribution in [-0.4, -0.2) is 23.4 Å². The van der Waals surface area contributed by atoms with Crippen LogP contribution in [0.3, 0.4) is 0 Å². The van der Waals surface area contributed by atoms with E-state index in [-0.39, 0.29) is 27.8 Å². The maximum Gasteiger partial charge on any atom is 0.426 e. The minimum atomic E-state index is -4.77. The standard InChI is InChI=1S/C11H7Cl2F3O3/c12-6-1-2-7-4(8(6)13)3-5(10(17)18)9(19-7)11(14,15)16/h1-2,5,9H,3H2,(H,17,18)/t5-,9+/m0/s1. The predicted octanol–water partition coefficient (Wildman–Crippen LogP) is 3.56. The number of carboxylic acid groups (broad SMARTS) is 1. The van der Waals surface area contributed by atoms with Crippen molar-refractivity contribution in [3.63, 3.8) is 0 Å². The van der Waals surface area contributed by atoms with Crippen molar-refractivity contribution < 1.29 is 27.8 Å². The van der Waals surface area contributed by atoms with Gasteiger partial charge in [-0.05, 0) is 18.6 Å². The summed E-state index contributed by atoms with van der Waals surface area (Å²) in [4.78, 5) is 11.0. The molecule has 1 aromatic carbocycles. The highest BCUT2D eigenvalue weighted by Crippen LogP contribution is 2.43. The van der Waals surface area contributed by atoms with Gasteiger partial charge in [-0.3, -0.25) is 4.79 Å². The Hall–Kier alpha value is -1.14. The summed E-state index contributed by atoms with van der Waals surface area (Å²) in [5.41, 5.74) is 0.182. The normalized spacial score (nSPS) is 22.6. The van der Waals surface area contributed by atoms with Gasteiger partial charge in [0, 0.05) is 5.56 Å². The third kappa shape index (κ3) is 2.60. The summed E-state index contributed by atoms with van der Waals surface area (Å²) in [5, 5.41) is 9.06. The van der Waals surface area contributed by atoms with Gasteiger partial charge < -0.3 is 9.84 Å². The topological polar surface area (TPSA) is 46.5 Å². The van der Waals surface area contributed by atoms with Gasteiger partial charge in [-0.15, -0.1) is 0 Å². The number of carboxylic acids is 1. The highest BCUT2D eigenvalue weighted by atomic mass is 35.5. The summed E-state index contributed by atoms with van der Waals surface area (Å²) < 4.78 is 43.1. The number of halogens is 5. The number of fused-ring (bicyclic) bond motifs is 1. The van der Waals surface area contributed by atoms with Crippen molar-refractivity contribution in [2.45, 2.75) is 18.7 Å². The molecule has 0 spiro atoms. The van der Waals surface area contributed by atoms with Crippen LogP contribution in [0.15, 0.2) is 12.1 Å². The molecule has 0 saturated heterocycles. The molecule has 3 nitrogen and oxygen atoms in total. The van der Waals surface area contributed by atoms with Crippen LogP contribution >= 0.6 is 23.2 Å². The van der Waals surface area contributed by atoms with Crippen molar-refractivity contribution in [3.05, 3.63) is 27.7 Å². The van der Waals surface area contributed by atoms with Gasteiger partial charge in [0.05, 0.1) is 10.0 Å². The Morgan fingerprint density at radius 3 is 2.53 bits per heavy atom. The van der Waals surface area contributed by atoms with Gasteiger partial charge in [0.1, 0.15) is 11.7 Å². The van der Waals surface area contributed by atoms with Crippen LogP contribution in [0.25, 0.3) is 0 Å². The average molecular weight is 315 g/mol. The minimum absolute atomic E-state index is 0.0195. The third-order valence-electron chi connectivity index (χ3n) is 2.84. The molecule has 1 aromatic rings. The Kier molecular flexibility index (Phi) is 3.57. The summed E-state index contributed by atoms with van der Waals surface area (Å²) in [6.07, 6.45) is -7.55. The van der Waals surface area contributed by atoms with Crippen molar-refractivity contribution in [2.24, 2.45) is 5.92 Å². The molecule has 1 N–H and O–H groups in total. The quantitative estimate of drug-likeness (QED) is 0.862. The first kappa shape index (κ1) is 14.3. The molecule has 0 fully saturated rings. The monoisotopic (exact) mass is 314 g/mol. The Balaban J connectivity index is 2.48. The number of hydrogen-bond acceptors (Lipinski definition) is 2. The molecule has 8 heteroatoms. The molecule has 2 atom stereocenters. The number of aliphatic carboxylic acids is 1. The summed E-state index contributed by atoms with van der Waals surface area (Å²) in [7, 11) is 0. The van der Waals surface area contributed by atoms with Crippen LogP contribution in [0.5, 0.6) is 5.75 Å². The fourth-order valence-electron chi connectivity index (χ4n) is 1.93. The van der Waals surface area contributed by atoms with Crippen LogP contribution in [0.4, 0.5) is 13.2 Å². The lowest BCUT2D eigenvalue weighted by atomic mass is 9.90. The molecule has 0 aliphatic carbocycles. The number of hydrogen-bond donors (Lipinski definition) is 1. The molecule has 1 aliphatic rings. The lowest BCUT2D eigenvalue weighted by Gasteiger charge is -2.32. The lowest BCUT2D eigenvalue weighted by Crippen LogP contribution is -2.47. The van der Waals surface area contributed by atoms with Crippen LogP contribution in [0.1, 0.15) is 5.56 Å². The molecule has 1 heterocycles. The minimum Gasteiger partial charge on any atom is -0.481 e. The van der Waals surface area contributed by atoms with E-state index in [9.17, 15) is 18.0 Å². The van der Waals surface area contributed by atoms with Crippen molar-refractivity contribution in [1.29, 1.82) is 0 Å². The van der Waals surface area contributed by atoms with Gasteiger partial charge in [-0.1, -0.05) is 23.2 Å². The SMILES string of the molecule is O=C(O)[C@H]1Cc2c(ccc(Cl)c2Cl)O[C@H]1C(F)(F)F. The van der Waals surface area contributed by atoms with E-state index in [0.29, 0.717) is 0 Å². The molecule has 19 heavy (non-hydrogen) atoms. The molecule has 0 unspecified atom stereocenters. The maximum atomic E-state index is 12.8. The largest absolute Gasteiger partial charge is 0.481 e. The number of rotatable bonds is 1. The molecule has 0 bridgehead atoms. The number of alkyl halides is 3. The number of benzene rings is 1. The van der Waals surface area contributed by atoms with E-state index in [1.807, 2.05) is 0 Å². The first-order valence-corrected chi connectivity index (χ1v) is 5.90. The maximum absolute atomic E-state index is 12.8. The summed E-state index contributed by atoms with van der Waals surface area (Å²) in [6.45, 7) is 0. The third-order valence-corrected chi connectivity index (χ3v) is 3.68. The molecule has 1 aliphatic heterocycles. The van der Waals surface area contributed by atoms with Gasteiger partial charge in [0.25, 0.3) is 0 Å². The van der Waals surface area contributed by atoms with Gasteiger partial charge in [0.15, 0.2) is 0 Å². The first-order chi connectivity index (χ1) is 8.71. The Morgan fingerprint density at radius 1 is 1.37 bits per heavy atom. The first-order valence-electron chi connectivity index (χ1n) is 5.15. The fraction of sp³-hybridized carbons (Fsp3) is 0.364. The summed E-state index contributed by atoms with van der Waals surface area (Å²) in [6, 6.07) is 2.55. The Morgan fingerprint density at radius 2 is 2.00 bits per heavy atom. The predicted molar refractivity (Wildman–Crippen MR) is 61.8 cm³/mol. The molecular weight excluding hydrogens is 308 g/mol. The smallest absolute Gasteiger partial charge is 0.426 e. The van der Waals surface area contributed by atoms with Crippen molar-refractivity contribution in [2.75, 3.05) is 0 Å². The second kappa shape index (κ2) is 4.76. The van der Waals surface area contributed by atoms with Gasteiger partial charge in [0.2, 0.25) is 6.10 Å². The van der Waals surface area contributed by atoms with E-state index in [2.05, 4.69) is 0 Å². The average Bonchev–Trinajstić information content (AvgIpc) is 2.31. The van der Waals surface area contributed by atoms with Gasteiger partial charge in [-0.2, -0.15) is 13.2 Å². The molecule has 2 rings (SSSR count). The van der Waals surface area contributed by atoms with Crippen molar-refractivity contribution in [3.8, 4) is 5.75 Å². The zero-order valence-corrected chi connectivity index (χ0v) is 10.7. The highest BCUT2D eigenvalue weighted by Gasteiger charge is 2.52. The van der Waals surface area contributed by atoms with E-state index >= 15 is 0 Å². The summed E-state index contributed by atoms with van der Waals surface area (Å²) in [5.74, 6) is -3.43. The molecule has 0 aromatic heterocycles. The Labute approximate surface area is 115 Å². The molecule has 0 amide bonds. The highest BCUT2D eigenvalue weighted by molar-refractivity contribution is 6.42. The second-order valence-electron chi connectivity index (χ2n) is 4.07. The van der Waals surface area contributed by atoms with Crippen molar-refractivity contribution >= 4 is 29.2 Å². The molecule has 0 radical (unpaired) electrons. The molecule has 104 valence electrons. The molecule has 0 saturated carbocycles. The molecular formula is C11H7Cl2F3O3. The van der Waals surface area contributed by atoms with Crippen LogP contribution in [0.2, 0.25) is 10.0 Å².